The highest BCUT2D eigenvalue weighted by Gasteiger charge is 2.81. The second kappa shape index (κ2) is 11.0. The Hall–Kier alpha value is -2.48. The van der Waals surface area contributed by atoms with Crippen molar-refractivity contribution in [3.8, 4) is 0 Å². The van der Waals surface area contributed by atoms with E-state index in [1.807, 2.05) is 0 Å². The molecular weight excluding hydrogens is 590 g/mol. The zero-order valence-corrected chi connectivity index (χ0v) is 24.0. The topological polar surface area (TPSA) is 36.9 Å². The number of hydrogen-bond donors (Lipinski definition) is 0. The smallest absolute Gasteiger partial charge is 0.359 e. The molecule has 2 heterocycles. The van der Waals surface area contributed by atoms with Gasteiger partial charge in [0.15, 0.2) is 0 Å². The lowest BCUT2D eigenvalue weighted by atomic mass is 9.95. The van der Waals surface area contributed by atoms with Crippen LogP contribution in [0.4, 0.5) is 26.3 Å². The molecule has 4 nitrogen and oxygen atoms in total. The molecule has 0 N–H and O–H groups in total. The van der Waals surface area contributed by atoms with Gasteiger partial charge in [0.25, 0.3) is 0 Å². The normalized spacial score (nSPS) is 19.4. The van der Waals surface area contributed by atoms with Gasteiger partial charge < -0.3 is 18.9 Å². The Morgan fingerprint density at radius 2 is 1.00 bits per heavy atom. The maximum atomic E-state index is 15.9. The van der Waals surface area contributed by atoms with Gasteiger partial charge in [-0.1, -0.05) is 36.4 Å². The summed E-state index contributed by atoms with van der Waals surface area (Å²) in [6.07, 6.45) is -1.89. The van der Waals surface area contributed by atoms with E-state index in [1.165, 1.54) is 28.1 Å². The van der Waals surface area contributed by atoms with E-state index in [1.54, 1.807) is 48.5 Å². The monoisotopic (exact) mass is 616 g/mol. The van der Waals surface area contributed by atoms with Crippen molar-refractivity contribution in [3.63, 3.8) is 0 Å². The molecule has 0 radical (unpaired) electrons. The lowest BCUT2D eigenvalue weighted by Crippen LogP contribution is -2.48. The number of thiophene rings is 2. The Kier molecular flexibility index (Phi) is 8.03. The number of allylic oxidation sites excluding steroid dienone is 2. The standard InChI is InChI=1S/C29H26F6O4S2/c1-15(38-13-36-3)21-17-9-5-7-11-19(17)40-25(21)23-24(28(32,33)29(34,35)27(23,30)31)26-22(16(2)39-14-37-4)18-10-6-8-12-20(18)41-26/h5-12,15-16H,13-14H2,1-4H3/t15-,16-/m1/s1. The van der Waals surface area contributed by atoms with E-state index in [0.29, 0.717) is 20.2 Å². The van der Waals surface area contributed by atoms with Crippen molar-refractivity contribution in [2.75, 3.05) is 27.8 Å². The van der Waals surface area contributed by atoms with Gasteiger partial charge in [-0.15, -0.1) is 22.7 Å². The van der Waals surface area contributed by atoms with Crippen molar-refractivity contribution in [1.29, 1.82) is 0 Å². The molecule has 1 aliphatic carbocycles. The molecule has 2 atom stereocenters. The highest BCUT2D eigenvalue weighted by molar-refractivity contribution is 7.21. The molecule has 2 aromatic carbocycles. The molecule has 0 saturated carbocycles. The van der Waals surface area contributed by atoms with E-state index in [0.717, 1.165) is 22.7 Å². The van der Waals surface area contributed by atoms with Crippen LogP contribution in [0.5, 0.6) is 0 Å². The fraction of sp³-hybridized carbons (Fsp3) is 0.379. The molecule has 0 fully saturated rings. The Balaban J connectivity index is 1.91. The highest BCUT2D eigenvalue weighted by atomic mass is 32.1. The molecule has 1 aliphatic rings. The third-order valence-corrected chi connectivity index (χ3v) is 9.48. The van der Waals surface area contributed by atoms with Crippen LogP contribution in [0.25, 0.3) is 31.3 Å². The number of ether oxygens (including phenoxy) is 4. The van der Waals surface area contributed by atoms with Crippen molar-refractivity contribution in [3.05, 3.63) is 69.4 Å². The van der Waals surface area contributed by atoms with Crippen molar-refractivity contribution in [2.45, 2.75) is 43.8 Å². The van der Waals surface area contributed by atoms with Gasteiger partial charge in [0, 0.05) is 44.5 Å². The van der Waals surface area contributed by atoms with E-state index >= 15 is 26.3 Å². The second-order valence-electron chi connectivity index (χ2n) is 9.59. The van der Waals surface area contributed by atoms with Crippen LogP contribution in [0.3, 0.4) is 0 Å². The van der Waals surface area contributed by atoms with Gasteiger partial charge >= 0.3 is 17.8 Å². The van der Waals surface area contributed by atoms with Gasteiger partial charge in [0.05, 0.1) is 23.4 Å². The predicted octanol–water partition coefficient (Wildman–Crippen LogP) is 9.31. The van der Waals surface area contributed by atoms with Gasteiger partial charge in [-0.25, -0.2) is 0 Å². The largest absolute Gasteiger partial charge is 0.380 e. The van der Waals surface area contributed by atoms with E-state index in [-0.39, 0.29) is 34.5 Å². The molecule has 0 bridgehead atoms. The highest BCUT2D eigenvalue weighted by Crippen LogP contribution is 2.67. The Morgan fingerprint density at radius 1 is 0.634 bits per heavy atom. The summed E-state index contributed by atoms with van der Waals surface area (Å²) >= 11 is 1.50. The number of benzene rings is 2. The van der Waals surface area contributed by atoms with Gasteiger partial charge in [0.2, 0.25) is 0 Å². The SMILES string of the molecule is COCO[C@H](C)c1c(C2=C(c3sc4ccccc4c3[C@@H](C)OCOC)C(F)(F)C(F)(F)C2(F)F)sc2ccccc12. The van der Waals surface area contributed by atoms with Crippen LogP contribution in [0.15, 0.2) is 48.5 Å². The minimum absolute atomic E-state index is 0.106. The number of rotatable bonds is 10. The lowest BCUT2D eigenvalue weighted by Gasteiger charge is -2.26. The summed E-state index contributed by atoms with van der Waals surface area (Å²) in [6.45, 7) is 2.61. The average Bonchev–Trinajstić information content (AvgIpc) is 3.53. The number of hydrogen-bond acceptors (Lipinski definition) is 6. The molecule has 0 aliphatic heterocycles. The molecular formula is C29H26F6O4S2. The summed E-state index contributed by atoms with van der Waals surface area (Å²) in [5, 5.41) is 0.872. The minimum atomic E-state index is -5.71. The van der Waals surface area contributed by atoms with Crippen LogP contribution in [-0.4, -0.2) is 45.6 Å². The molecule has 0 saturated heterocycles. The zero-order chi connectivity index (χ0) is 29.7. The number of fused-ring (bicyclic) bond motifs is 2. The molecule has 5 rings (SSSR count). The maximum absolute atomic E-state index is 15.9. The number of alkyl halides is 6. The molecule has 0 amide bonds. The Bertz CT molecular complexity index is 1490. The number of methoxy groups -OCH3 is 2. The van der Waals surface area contributed by atoms with Crippen LogP contribution in [0, 0.1) is 0 Å². The van der Waals surface area contributed by atoms with E-state index < -0.39 is 41.1 Å². The summed E-state index contributed by atoms with van der Waals surface area (Å²) in [6, 6.07) is 13.1. The van der Waals surface area contributed by atoms with E-state index in [4.69, 9.17) is 18.9 Å². The van der Waals surface area contributed by atoms with Crippen molar-refractivity contribution in [2.24, 2.45) is 0 Å². The molecule has 0 spiro atoms. The third-order valence-electron chi connectivity index (χ3n) is 7.07. The first-order valence-corrected chi connectivity index (χ1v) is 14.2. The Morgan fingerprint density at radius 3 is 1.37 bits per heavy atom. The Labute approximate surface area is 240 Å². The minimum Gasteiger partial charge on any atom is -0.359 e. The fourth-order valence-electron chi connectivity index (χ4n) is 5.15. The zero-order valence-electron chi connectivity index (χ0n) is 22.4. The molecule has 4 aromatic rings. The van der Waals surface area contributed by atoms with Crippen molar-refractivity contribution >= 4 is 54.0 Å². The summed E-state index contributed by atoms with van der Waals surface area (Å²) in [4.78, 5) is -0.777. The van der Waals surface area contributed by atoms with Crippen molar-refractivity contribution in [1.82, 2.24) is 0 Å². The van der Waals surface area contributed by atoms with E-state index in [2.05, 4.69) is 0 Å². The quantitative estimate of drug-likeness (QED) is 0.131. The fourth-order valence-corrected chi connectivity index (χ4v) is 7.90. The molecule has 0 unspecified atom stereocenters. The van der Waals surface area contributed by atoms with Crippen LogP contribution in [-0.2, 0) is 18.9 Å². The predicted molar refractivity (Wildman–Crippen MR) is 148 cm³/mol. The van der Waals surface area contributed by atoms with Crippen LogP contribution in [0.2, 0.25) is 0 Å². The van der Waals surface area contributed by atoms with Crippen molar-refractivity contribution < 1.29 is 45.3 Å². The molecule has 41 heavy (non-hydrogen) atoms. The summed E-state index contributed by atoms with van der Waals surface area (Å²) in [7, 11) is 2.73. The summed E-state index contributed by atoms with van der Waals surface area (Å²) in [5.41, 5.74) is -2.61. The third kappa shape index (κ3) is 4.59. The first-order valence-electron chi connectivity index (χ1n) is 12.5. The summed E-state index contributed by atoms with van der Waals surface area (Å²) < 4.78 is 116. The lowest BCUT2D eigenvalue weighted by molar-refractivity contribution is -0.254. The van der Waals surface area contributed by atoms with Gasteiger partial charge in [-0.3, -0.25) is 0 Å². The average molecular weight is 617 g/mol. The second-order valence-corrected chi connectivity index (χ2v) is 11.7. The summed E-state index contributed by atoms with van der Waals surface area (Å²) in [5.74, 6) is -16.1. The van der Waals surface area contributed by atoms with Gasteiger partial charge in [-0.05, 0) is 36.8 Å². The molecule has 2 aromatic heterocycles. The van der Waals surface area contributed by atoms with Crippen LogP contribution >= 0.6 is 22.7 Å². The van der Waals surface area contributed by atoms with Crippen LogP contribution in [0.1, 0.15) is 46.9 Å². The van der Waals surface area contributed by atoms with Gasteiger partial charge in [-0.2, -0.15) is 26.3 Å². The molecule has 12 heteroatoms. The number of halogens is 6. The van der Waals surface area contributed by atoms with E-state index in [9.17, 15) is 0 Å². The maximum Gasteiger partial charge on any atom is 0.380 e. The van der Waals surface area contributed by atoms with Crippen LogP contribution < -0.4 is 0 Å². The van der Waals surface area contributed by atoms with Gasteiger partial charge in [0.1, 0.15) is 13.6 Å². The molecule has 220 valence electrons. The first kappa shape index (κ1) is 30.0. The first-order chi connectivity index (χ1) is 19.4.